The van der Waals surface area contributed by atoms with Gasteiger partial charge in [-0.05, 0) is 11.6 Å². The highest BCUT2D eigenvalue weighted by atomic mass is 16.2. The zero-order valence-corrected chi connectivity index (χ0v) is 11.3. The molecule has 0 bridgehead atoms. The number of hydrogen-bond acceptors (Lipinski definition) is 4. The molecule has 1 heterocycles. The van der Waals surface area contributed by atoms with Gasteiger partial charge in [-0.25, -0.2) is 0 Å². The summed E-state index contributed by atoms with van der Waals surface area (Å²) in [6, 6.07) is 8.24. The molecule has 1 saturated heterocycles. The fraction of sp³-hybridized carbons (Fsp3) is 0.429. The van der Waals surface area contributed by atoms with E-state index in [-0.39, 0.29) is 24.9 Å². The number of benzene rings is 1. The van der Waals surface area contributed by atoms with Crippen molar-refractivity contribution in [2.45, 2.75) is 26.4 Å². The van der Waals surface area contributed by atoms with E-state index in [0.717, 1.165) is 17.8 Å². The van der Waals surface area contributed by atoms with Gasteiger partial charge in [-0.1, -0.05) is 32.0 Å². The number of para-hydroxylation sites is 1. The molecule has 5 heteroatoms. The van der Waals surface area contributed by atoms with Crippen LogP contribution in [0.2, 0.25) is 0 Å². The minimum Gasteiger partial charge on any atom is -0.353 e. The largest absolute Gasteiger partial charge is 0.353 e. The molecule has 1 aromatic rings. The molecule has 0 aromatic heterocycles. The lowest BCUT2D eigenvalue weighted by molar-refractivity contribution is -0.130. The summed E-state index contributed by atoms with van der Waals surface area (Å²) in [6.07, 6.45) is 0. The first-order valence-corrected chi connectivity index (χ1v) is 6.45. The minimum atomic E-state index is -0.247. The normalized spacial score (nSPS) is 15.8. The van der Waals surface area contributed by atoms with Crippen molar-refractivity contribution in [2.75, 3.05) is 18.0 Å². The lowest BCUT2D eigenvalue weighted by Crippen LogP contribution is -2.51. The smallest absolute Gasteiger partial charge is 0.246 e. The molecule has 1 fully saturated rings. The highest BCUT2D eigenvalue weighted by molar-refractivity contribution is 6.02. The van der Waals surface area contributed by atoms with Crippen molar-refractivity contribution < 1.29 is 9.59 Å². The van der Waals surface area contributed by atoms with E-state index >= 15 is 0 Å². The molecule has 0 unspecified atom stereocenters. The standard InChI is InChI=1S/C14H19N3O2/c1-10(2)15-7-11-5-3-4-6-12(11)17-8-13(18)16-14(19)9-17/h3-6,10,15H,7-9H2,1-2H3,(H,16,18,19). The first-order valence-electron chi connectivity index (χ1n) is 6.45. The van der Waals surface area contributed by atoms with Crippen LogP contribution in [-0.2, 0) is 16.1 Å². The molecule has 0 spiro atoms. The number of carbonyl (C=O) groups is 2. The van der Waals surface area contributed by atoms with Crippen molar-refractivity contribution in [3.8, 4) is 0 Å². The maximum Gasteiger partial charge on any atom is 0.246 e. The van der Waals surface area contributed by atoms with Gasteiger partial charge in [0, 0.05) is 18.3 Å². The Hall–Kier alpha value is -1.88. The van der Waals surface area contributed by atoms with E-state index in [1.54, 1.807) is 0 Å². The van der Waals surface area contributed by atoms with E-state index in [0.29, 0.717) is 6.04 Å². The molecular formula is C14H19N3O2. The number of imide groups is 1. The monoisotopic (exact) mass is 261 g/mol. The summed E-state index contributed by atoms with van der Waals surface area (Å²) in [6.45, 7) is 5.34. The molecule has 19 heavy (non-hydrogen) atoms. The number of nitrogens with zero attached hydrogens (tertiary/aromatic N) is 1. The average Bonchev–Trinajstić information content (AvgIpc) is 2.35. The Kier molecular flexibility index (Phi) is 4.16. The summed E-state index contributed by atoms with van der Waals surface area (Å²) < 4.78 is 0. The Morgan fingerprint density at radius 2 is 1.84 bits per heavy atom. The first kappa shape index (κ1) is 13.5. The van der Waals surface area contributed by atoms with Gasteiger partial charge >= 0.3 is 0 Å². The SMILES string of the molecule is CC(C)NCc1ccccc1N1CC(=O)NC(=O)C1. The number of rotatable bonds is 4. The molecule has 0 atom stereocenters. The molecule has 102 valence electrons. The second-order valence-corrected chi connectivity index (χ2v) is 4.99. The number of amides is 2. The molecule has 1 aliphatic rings. The quantitative estimate of drug-likeness (QED) is 0.781. The van der Waals surface area contributed by atoms with Crippen LogP contribution in [0.25, 0.3) is 0 Å². The van der Waals surface area contributed by atoms with Crippen LogP contribution in [0.1, 0.15) is 19.4 Å². The molecule has 0 aliphatic carbocycles. The van der Waals surface area contributed by atoms with Gasteiger partial charge in [0.15, 0.2) is 0 Å². The zero-order valence-electron chi connectivity index (χ0n) is 11.3. The summed E-state index contributed by atoms with van der Waals surface area (Å²) in [5, 5.41) is 5.67. The second kappa shape index (κ2) is 5.84. The Morgan fingerprint density at radius 3 is 2.47 bits per heavy atom. The van der Waals surface area contributed by atoms with Gasteiger partial charge in [0.2, 0.25) is 11.8 Å². The van der Waals surface area contributed by atoms with Crippen molar-refractivity contribution in [3.63, 3.8) is 0 Å². The molecule has 2 rings (SSSR count). The topological polar surface area (TPSA) is 61.4 Å². The Balaban J connectivity index is 2.18. The van der Waals surface area contributed by atoms with Gasteiger partial charge in [0.05, 0.1) is 13.1 Å². The van der Waals surface area contributed by atoms with Crippen LogP contribution < -0.4 is 15.5 Å². The third-order valence-corrected chi connectivity index (χ3v) is 2.98. The summed E-state index contributed by atoms with van der Waals surface area (Å²) in [5.74, 6) is -0.495. The van der Waals surface area contributed by atoms with E-state index in [1.165, 1.54) is 0 Å². The maximum absolute atomic E-state index is 11.4. The van der Waals surface area contributed by atoms with Crippen LogP contribution in [0.15, 0.2) is 24.3 Å². The lowest BCUT2D eigenvalue weighted by Gasteiger charge is -2.29. The number of carbonyl (C=O) groups excluding carboxylic acids is 2. The maximum atomic E-state index is 11.4. The molecule has 1 aromatic carbocycles. The highest BCUT2D eigenvalue weighted by Crippen LogP contribution is 2.21. The van der Waals surface area contributed by atoms with Crippen molar-refractivity contribution in [3.05, 3.63) is 29.8 Å². The van der Waals surface area contributed by atoms with E-state index in [2.05, 4.69) is 24.5 Å². The van der Waals surface area contributed by atoms with Gasteiger partial charge < -0.3 is 10.2 Å². The fourth-order valence-electron chi connectivity index (χ4n) is 2.09. The summed E-state index contributed by atoms with van der Waals surface area (Å²) in [5.41, 5.74) is 2.04. The Morgan fingerprint density at radius 1 is 1.21 bits per heavy atom. The predicted octanol–water partition coefficient (Wildman–Crippen LogP) is 0.647. The van der Waals surface area contributed by atoms with Crippen molar-refractivity contribution in [1.29, 1.82) is 0 Å². The van der Waals surface area contributed by atoms with Crippen LogP contribution in [0, 0.1) is 0 Å². The molecule has 2 N–H and O–H groups in total. The van der Waals surface area contributed by atoms with Crippen LogP contribution in [0.3, 0.4) is 0 Å². The second-order valence-electron chi connectivity index (χ2n) is 4.99. The van der Waals surface area contributed by atoms with E-state index in [4.69, 9.17) is 0 Å². The summed E-state index contributed by atoms with van der Waals surface area (Å²) in [4.78, 5) is 24.7. The highest BCUT2D eigenvalue weighted by Gasteiger charge is 2.23. The number of nitrogens with one attached hydrogen (secondary N) is 2. The van der Waals surface area contributed by atoms with Crippen molar-refractivity contribution in [1.82, 2.24) is 10.6 Å². The number of hydrogen-bond donors (Lipinski definition) is 2. The van der Waals surface area contributed by atoms with Crippen LogP contribution in [-0.4, -0.2) is 30.9 Å². The summed E-state index contributed by atoms with van der Waals surface area (Å²) >= 11 is 0. The predicted molar refractivity (Wildman–Crippen MR) is 73.8 cm³/mol. The van der Waals surface area contributed by atoms with E-state index < -0.39 is 0 Å². The fourth-order valence-corrected chi connectivity index (χ4v) is 2.09. The van der Waals surface area contributed by atoms with Gasteiger partial charge in [0.1, 0.15) is 0 Å². The number of anilines is 1. The van der Waals surface area contributed by atoms with Crippen LogP contribution >= 0.6 is 0 Å². The van der Waals surface area contributed by atoms with E-state index in [9.17, 15) is 9.59 Å². The number of piperazine rings is 1. The third kappa shape index (κ3) is 3.54. The Bertz CT molecular complexity index is 469. The van der Waals surface area contributed by atoms with Gasteiger partial charge in [-0.15, -0.1) is 0 Å². The molecule has 0 saturated carbocycles. The van der Waals surface area contributed by atoms with Crippen LogP contribution in [0.5, 0.6) is 0 Å². The van der Waals surface area contributed by atoms with Crippen molar-refractivity contribution >= 4 is 17.5 Å². The lowest BCUT2D eigenvalue weighted by atomic mass is 10.1. The minimum absolute atomic E-state index is 0.227. The van der Waals surface area contributed by atoms with Gasteiger partial charge in [-0.3, -0.25) is 14.9 Å². The van der Waals surface area contributed by atoms with Crippen LogP contribution in [0.4, 0.5) is 5.69 Å². The molecule has 1 aliphatic heterocycles. The molecule has 2 amide bonds. The Labute approximate surface area is 113 Å². The molecule has 0 radical (unpaired) electrons. The first-order chi connectivity index (χ1) is 9.06. The summed E-state index contributed by atoms with van der Waals surface area (Å²) in [7, 11) is 0. The van der Waals surface area contributed by atoms with Crippen molar-refractivity contribution in [2.24, 2.45) is 0 Å². The average molecular weight is 261 g/mol. The molecular weight excluding hydrogens is 242 g/mol. The molecule has 5 nitrogen and oxygen atoms in total. The van der Waals surface area contributed by atoms with Gasteiger partial charge in [0.25, 0.3) is 0 Å². The zero-order chi connectivity index (χ0) is 13.8. The third-order valence-electron chi connectivity index (χ3n) is 2.98. The van der Waals surface area contributed by atoms with Gasteiger partial charge in [-0.2, -0.15) is 0 Å². The van der Waals surface area contributed by atoms with E-state index in [1.807, 2.05) is 29.2 Å².